The summed E-state index contributed by atoms with van der Waals surface area (Å²) in [5.41, 5.74) is 7.12. The van der Waals surface area contributed by atoms with Gasteiger partial charge in [0, 0.05) is 20.1 Å². The summed E-state index contributed by atoms with van der Waals surface area (Å²) in [4.78, 5) is 13.9. The van der Waals surface area contributed by atoms with Crippen molar-refractivity contribution in [2.45, 2.75) is 32.4 Å². The molecule has 8 heteroatoms. The molecule has 2 N–H and O–H groups in total. The van der Waals surface area contributed by atoms with Crippen molar-refractivity contribution in [2.75, 3.05) is 18.8 Å². The minimum atomic E-state index is -4.18. The van der Waals surface area contributed by atoms with E-state index in [-0.39, 0.29) is 37.5 Å². The monoisotopic (exact) mass is 304 g/mol. The lowest BCUT2D eigenvalue weighted by atomic mass is 9.96. The van der Waals surface area contributed by atoms with E-state index < -0.39 is 12.1 Å². The van der Waals surface area contributed by atoms with Crippen molar-refractivity contribution in [3.8, 4) is 0 Å². The molecule has 5 nitrogen and oxygen atoms in total. The molecule has 2 rings (SSSR count). The van der Waals surface area contributed by atoms with Gasteiger partial charge in [-0.25, -0.2) is 0 Å². The fourth-order valence-electron chi connectivity index (χ4n) is 2.67. The third kappa shape index (κ3) is 2.98. The van der Waals surface area contributed by atoms with Crippen LogP contribution in [0.5, 0.6) is 0 Å². The molecule has 1 aromatic rings. The molecule has 0 saturated carbocycles. The van der Waals surface area contributed by atoms with Crippen LogP contribution in [0.4, 0.5) is 18.9 Å². The van der Waals surface area contributed by atoms with Gasteiger partial charge in [-0.15, -0.1) is 0 Å². The van der Waals surface area contributed by atoms with Crippen molar-refractivity contribution >= 4 is 11.6 Å². The highest BCUT2D eigenvalue weighted by Crippen LogP contribution is 2.34. The number of nitrogens with two attached hydrogens (primary N) is 1. The fourth-order valence-corrected chi connectivity index (χ4v) is 2.67. The van der Waals surface area contributed by atoms with Gasteiger partial charge in [0.1, 0.15) is 5.69 Å². The summed E-state index contributed by atoms with van der Waals surface area (Å²) in [5.74, 6) is -1.67. The van der Waals surface area contributed by atoms with Crippen molar-refractivity contribution in [1.82, 2.24) is 14.7 Å². The van der Waals surface area contributed by atoms with E-state index in [2.05, 4.69) is 5.10 Å². The molecule has 118 valence electrons. The van der Waals surface area contributed by atoms with E-state index in [4.69, 9.17) is 5.73 Å². The topological polar surface area (TPSA) is 64.2 Å². The summed E-state index contributed by atoms with van der Waals surface area (Å²) in [6.45, 7) is 2.06. The molecule has 0 aromatic carbocycles. The number of piperidine rings is 1. The van der Waals surface area contributed by atoms with Crippen LogP contribution in [0.1, 0.15) is 35.9 Å². The Morgan fingerprint density at radius 3 is 2.38 bits per heavy atom. The molecule has 1 aliphatic rings. The first kappa shape index (κ1) is 15.7. The van der Waals surface area contributed by atoms with Crippen LogP contribution in [0.25, 0.3) is 0 Å². The maximum absolute atomic E-state index is 12.6. The molecule has 0 aliphatic carbocycles. The Morgan fingerprint density at radius 2 is 1.95 bits per heavy atom. The van der Waals surface area contributed by atoms with E-state index in [0.29, 0.717) is 17.8 Å². The van der Waals surface area contributed by atoms with Gasteiger partial charge in [0.25, 0.3) is 5.91 Å². The quantitative estimate of drug-likeness (QED) is 0.908. The van der Waals surface area contributed by atoms with Gasteiger partial charge in [-0.3, -0.25) is 9.48 Å². The van der Waals surface area contributed by atoms with Crippen molar-refractivity contribution in [2.24, 2.45) is 13.0 Å². The van der Waals surface area contributed by atoms with Gasteiger partial charge in [-0.05, 0) is 19.3 Å². The summed E-state index contributed by atoms with van der Waals surface area (Å²) >= 11 is 0. The van der Waals surface area contributed by atoms with Crippen LogP contribution in [0.2, 0.25) is 0 Å². The van der Waals surface area contributed by atoms with Gasteiger partial charge in [0.15, 0.2) is 0 Å². The Balaban J connectivity index is 2.11. The zero-order valence-electron chi connectivity index (χ0n) is 12.1. The Hall–Kier alpha value is -1.73. The van der Waals surface area contributed by atoms with Gasteiger partial charge in [-0.1, -0.05) is 6.92 Å². The van der Waals surface area contributed by atoms with Crippen molar-refractivity contribution < 1.29 is 18.0 Å². The molecule has 0 spiro atoms. The van der Waals surface area contributed by atoms with E-state index in [1.165, 1.54) is 9.58 Å². The predicted octanol–water partition coefficient (Wildman–Crippen LogP) is 1.98. The number of carbonyl (C=O) groups excluding carboxylic acids is 1. The number of carbonyl (C=O) groups is 1. The number of nitrogen functional groups attached to an aromatic ring is 1. The predicted molar refractivity (Wildman–Crippen MR) is 71.7 cm³/mol. The molecule has 1 fully saturated rings. The second-order valence-electron chi connectivity index (χ2n) is 5.29. The summed E-state index contributed by atoms with van der Waals surface area (Å²) in [6, 6.07) is 0. The normalized spacial score (nSPS) is 17.3. The second-order valence-corrected chi connectivity index (χ2v) is 5.29. The van der Waals surface area contributed by atoms with Gasteiger partial charge in [0.05, 0.1) is 17.3 Å². The van der Waals surface area contributed by atoms with Crippen LogP contribution in [0.3, 0.4) is 0 Å². The largest absolute Gasteiger partial charge is 0.395 e. The number of nitrogens with zero attached hydrogens (tertiary/aromatic N) is 3. The number of likely N-dealkylation sites (tertiary alicyclic amines) is 1. The number of halogens is 3. The molecular formula is C13H19F3N4O. The molecule has 1 saturated heterocycles. The van der Waals surface area contributed by atoms with Crippen LogP contribution in [0, 0.1) is 5.92 Å². The average Bonchev–Trinajstić information content (AvgIpc) is 2.72. The lowest BCUT2D eigenvalue weighted by molar-refractivity contribution is -0.183. The zero-order valence-corrected chi connectivity index (χ0v) is 12.1. The highest BCUT2D eigenvalue weighted by Gasteiger charge is 2.42. The number of aryl methyl sites for hydroxylation is 2. The van der Waals surface area contributed by atoms with Crippen LogP contribution >= 0.6 is 0 Å². The lowest BCUT2D eigenvalue weighted by Gasteiger charge is -2.32. The standard InChI is InChI=1S/C13H19F3N4O/c1-3-9-10(17)11(19(2)18-9)12(21)20-6-4-8(5-7-20)13(14,15)16/h8H,3-7,17H2,1-2H3. The molecule has 0 radical (unpaired) electrons. The first-order valence-corrected chi connectivity index (χ1v) is 6.93. The number of amides is 1. The van der Waals surface area contributed by atoms with Gasteiger partial charge < -0.3 is 10.6 Å². The molecule has 1 aliphatic heterocycles. The molecule has 21 heavy (non-hydrogen) atoms. The van der Waals surface area contributed by atoms with E-state index in [0.717, 1.165) is 0 Å². The third-order valence-electron chi connectivity index (χ3n) is 3.94. The van der Waals surface area contributed by atoms with E-state index in [9.17, 15) is 18.0 Å². The van der Waals surface area contributed by atoms with Crippen LogP contribution in [-0.2, 0) is 13.5 Å². The number of hydrogen-bond acceptors (Lipinski definition) is 3. The minimum Gasteiger partial charge on any atom is -0.395 e. The summed E-state index contributed by atoms with van der Waals surface area (Å²) < 4.78 is 39.3. The van der Waals surface area contributed by atoms with Crippen molar-refractivity contribution in [1.29, 1.82) is 0 Å². The van der Waals surface area contributed by atoms with Gasteiger partial charge in [0.2, 0.25) is 0 Å². The molecule has 1 aromatic heterocycles. The Labute approximate surface area is 120 Å². The third-order valence-corrected chi connectivity index (χ3v) is 3.94. The summed E-state index contributed by atoms with van der Waals surface area (Å²) in [5, 5.41) is 4.16. The van der Waals surface area contributed by atoms with Crippen molar-refractivity contribution in [3.63, 3.8) is 0 Å². The van der Waals surface area contributed by atoms with Crippen molar-refractivity contribution in [3.05, 3.63) is 11.4 Å². The number of anilines is 1. The van der Waals surface area contributed by atoms with Gasteiger partial charge in [-0.2, -0.15) is 18.3 Å². The molecule has 1 amide bonds. The van der Waals surface area contributed by atoms with Crippen LogP contribution < -0.4 is 5.73 Å². The Bertz CT molecular complexity index is 530. The van der Waals surface area contributed by atoms with E-state index >= 15 is 0 Å². The molecule has 2 heterocycles. The highest BCUT2D eigenvalue weighted by molar-refractivity contribution is 5.98. The minimum absolute atomic E-state index is 0.0619. The molecule has 0 bridgehead atoms. The first-order chi connectivity index (χ1) is 9.75. The summed E-state index contributed by atoms with van der Waals surface area (Å²) in [6.07, 6.45) is -3.71. The lowest BCUT2D eigenvalue weighted by Crippen LogP contribution is -2.42. The van der Waals surface area contributed by atoms with E-state index in [1.54, 1.807) is 7.05 Å². The van der Waals surface area contributed by atoms with Crippen LogP contribution in [-0.4, -0.2) is 39.9 Å². The number of rotatable bonds is 2. The summed E-state index contributed by atoms with van der Waals surface area (Å²) in [7, 11) is 1.62. The maximum Gasteiger partial charge on any atom is 0.391 e. The Kier molecular flexibility index (Phi) is 4.15. The average molecular weight is 304 g/mol. The fraction of sp³-hybridized carbons (Fsp3) is 0.692. The smallest absolute Gasteiger partial charge is 0.391 e. The zero-order chi connectivity index (χ0) is 15.8. The molecule has 0 unspecified atom stereocenters. The molecular weight excluding hydrogens is 285 g/mol. The van der Waals surface area contributed by atoms with E-state index in [1.807, 2.05) is 6.92 Å². The SMILES string of the molecule is CCc1nn(C)c(C(=O)N2CCC(C(F)(F)F)CC2)c1N. The van der Waals surface area contributed by atoms with Crippen LogP contribution in [0.15, 0.2) is 0 Å². The molecule has 0 atom stereocenters. The number of hydrogen-bond donors (Lipinski definition) is 1. The van der Waals surface area contributed by atoms with Gasteiger partial charge >= 0.3 is 6.18 Å². The number of aromatic nitrogens is 2. The first-order valence-electron chi connectivity index (χ1n) is 6.93. The second kappa shape index (κ2) is 5.57. The Morgan fingerprint density at radius 1 is 1.38 bits per heavy atom. The maximum atomic E-state index is 12.6. The highest BCUT2D eigenvalue weighted by atomic mass is 19.4. The number of alkyl halides is 3.